The maximum atomic E-state index is 5.82. The Kier molecular flexibility index (Phi) is 3.56. The van der Waals surface area contributed by atoms with Gasteiger partial charge in [-0.3, -0.25) is 0 Å². The van der Waals surface area contributed by atoms with Crippen LogP contribution in [0.3, 0.4) is 0 Å². The molecule has 1 aromatic rings. The van der Waals surface area contributed by atoms with Crippen LogP contribution in [0.15, 0.2) is 4.52 Å². The fraction of sp³-hybridized carbons (Fsp3) is 0.846. The zero-order chi connectivity index (χ0) is 13.3. The Morgan fingerprint density at radius 3 is 2.95 bits per heavy atom. The standard InChI is InChI=1S/C13H21N3O3/c1-13(6-2-3-7-17-13)12-15-11(19-16-12)10-5-4-9(8-14)18-10/h9-10H,2-8,14H2,1H3. The van der Waals surface area contributed by atoms with Crippen molar-refractivity contribution in [3.8, 4) is 0 Å². The quantitative estimate of drug-likeness (QED) is 0.896. The summed E-state index contributed by atoms with van der Waals surface area (Å²) in [6.07, 6.45) is 5.01. The minimum Gasteiger partial charge on any atom is -0.367 e. The van der Waals surface area contributed by atoms with E-state index in [0.717, 1.165) is 38.7 Å². The molecule has 0 aliphatic carbocycles. The molecule has 2 aliphatic rings. The molecule has 0 radical (unpaired) electrons. The Bertz CT molecular complexity index is 429. The zero-order valence-corrected chi connectivity index (χ0v) is 11.3. The van der Waals surface area contributed by atoms with Gasteiger partial charge in [0.15, 0.2) is 0 Å². The number of hydrogen-bond donors (Lipinski definition) is 1. The molecular weight excluding hydrogens is 246 g/mol. The molecular formula is C13H21N3O3. The maximum absolute atomic E-state index is 5.82. The van der Waals surface area contributed by atoms with Gasteiger partial charge in [-0.1, -0.05) is 5.16 Å². The first-order chi connectivity index (χ1) is 9.21. The fourth-order valence-electron chi connectivity index (χ4n) is 2.75. The average Bonchev–Trinajstić information content (AvgIpc) is 3.08. The van der Waals surface area contributed by atoms with Gasteiger partial charge in [-0.15, -0.1) is 0 Å². The first kappa shape index (κ1) is 13.0. The summed E-state index contributed by atoms with van der Waals surface area (Å²) in [6.45, 7) is 3.33. The molecule has 2 aliphatic heterocycles. The van der Waals surface area contributed by atoms with Crippen molar-refractivity contribution in [1.29, 1.82) is 0 Å². The molecule has 19 heavy (non-hydrogen) atoms. The van der Waals surface area contributed by atoms with Gasteiger partial charge in [0, 0.05) is 13.2 Å². The van der Waals surface area contributed by atoms with Crippen LogP contribution in [0, 0.1) is 0 Å². The highest BCUT2D eigenvalue weighted by atomic mass is 16.5. The molecule has 2 fully saturated rings. The molecule has 2 N–H and O–H groups in total. The van der Waals surface area contributed by atoms with E-state index in [1.54, 1.807) is 0 Å². The molecule has 0 amide bonds. The molecule has 3 heterocycles. The Balaban J connectivity index is 1.72. The van der Waals surface area contributed by atoms with Crippen LogP contribution in [0.1, 0.15) is 56.8 Å². The minimum atomic E-state index is -0.411. The largest absolute Gasteiger partial charge is 0.367 e. The van der Waals surface area contributed by atoms with Crippen LogP contribution in [0.5, 0.6) is 0 Å². The lowest BCUT2D eigenvalue weighted by Gasteiger charge is -2.30. The summed E-state index contributed by atoms with van der Waals surface area (Å²) < 4.78 is 16.9. The maximum Gasteiger partial charge on any atom is 0.255 e. The van der Waals surface area contributed by atoms with Gasteiger partial charge < -0.3 is 19.7 Å². The lowest BCUT2D eigenvalue weighted by Crippen LogP contribution is -2.31. The second kappa shape index (κ2) is 5.19. The van der Waals surface area contributed by atoms with Gasteiger partial charge in [0.2, 0.25) is 5.82 Å². The summed E-state index contributed by atoms with van der Waals surface area (Å²) >= 11 is 0. The van der Waals surface area contributed by atoms with Crippen LogP contribution in [0.25, 0.3) is 0 Å². The van der Waals surface area contributed by atoms with Crippen LogP contribution in [-0.4, -0.2) is 29.4 Å². The van der Waals surface area contributed by atoms with Gasteiger partial charge in [0.05, 0.1) is 6.10 Å². The minimum absolute atomic E-state index is 0.109. The Hall–Kier alpha value is -0.980. The molecule has 2 saturated heterocycles. The van der Waals surface area contributed by atoms with Gasteiger partial charge in [-0.25, -0.2) is 0 Å². The van der Waals surface area contributed by atoms with E-state index in [1.165, 1.54) is 0 Å². The lowest BCUT2D eigenvalue weighted by atomic mass is 9.95. The monoisotopic (exact) mass is 267 g/mol. The summed E-state index contributed by atoms with van der Waals surface area (Å²) in [4.78, 5) is 4.49. The predicted molar refractivity (Wildman–Crippen MR) is 67.4 cm³/mol. The van der Waals surface area contributed by atoms with E-state index in [2.05, 4.69) is 10.1 Å². The van der Waals surface area contributed by atoms with Gasteiger partial charge >= 0.3 is 0 Å². The molecule has 106 valence electrons. The van der Waals surface area contributed by atoms with E-state index in [-0.39, 0.29) is 12.2 Å². The van der Waals surface area contributed by atoms with Crippen molar-refractivity contribution in [2.45, 2.75) is 56.8 Å². The second-order valence-electron chi connectivity index (χ2n) is 5.55. The van der Waals surface area contributed by atoms with Gasteiger partial charge in [0.25, 0.3) is 5.89 Å². The van der Waals surface area contributed by atoms with Crippen LogP contribution in [0.2, 0.25) is 0 Å². The Morgan fingerprint density at radius 1 is 1.37 bits per heavy atom. The van der Waals surface area contributed by atoms with E-state index < -0.39 is 5.60 Å². The molecule has 6 nitrogen and oxygen atoms in total. The van der Waals surface area contributed by atoms with E-state index in [9.17, 15) is 0 Å². The second-order valence-corrected chi connectivity index (χ2v) is 5.55. The molecule has 0 saturated carbocycles. The van der Waals surface area contributed by atoms with Gasteiger partial charge in [-0.2, -0.15) is 4.98 Å². The molecule has 0 spiro atoms. The number of nitrogens with zero attached hydrogens (tertiary/aromatic N) is 2. The summed E-state index contributed by atoms with van der Waals surface area (Å²) in [7, 11) is 0. The molecule has 1 aromatic heterocycles. The highest BCUT2D eigenvalue weighted by Crippen LogP contribution is 2.36. The van der Waals surface area contributed by atoms with Gasteiger partial charge in [-0.05, 0) is 39.0 Å². The SMILES string of the molecule is CC1(c2noc(C3CCC(CN)O3)n2)CCCCO1. The number of nitrogens with two attached hydrogens (primary N) is 1. The van der Waals surface area contributed by atoms with Crippen molar-refractivity contribution in [3.05, 3.63) is 11.7 Å². The molecule has 3 unspecified atom stereocenters. The van der Waals surface area contributed by atoms with E-state index >= 15 is 0 Å². The van der Waals surface area contributed by atoms with Crippen molar-refractivity contribution >= 4 is 0 Å². The first-order valence-corrected chi connectivity index (χ1v) is 7.05. The van der Waals surface area contributed by atoms with Crippen LogP contribution in [0.4, 0.5) is 0 Å². The van der Waals surface area contributed by atoms with Crippen molar-refractivity contribution in [2.75, 3.05) is 13.2 Å². The fourth-order valence-corrected chi connectivity index (χ4v) is 2.75. The number of aromatic nitrogens is 2. The summed E-state index contributed by atoms with van der Waals surface area (Å²) in [5.41, 5.74) is 5.19. The van der Waals surface area contributed by atoms with Gasteiger partial charge in [0.1, 0.15) is 11.7 Å². The Morgan fingerprint density at radius 2 is 2.26 bits per heavy atom. The smallest absolute Gasteiger partial charge is 0.255 e. The summed E-state index contributed by atoms with van der Waals surface area (Å²) in [6, 6.07) is 0. The van der Waals surface area contributed by atoms with E-state index in [4.69, 9.17) is 19.7 Å². The number of hydrogen-bond acceptors (Lipinski definition) is 6. The lowest BCUT2D eigenvalue weighted by molar-refractivity contribution is -0.0770. The third-order valence-corrected chi connectivity index (χ3v) is 4.03. The van der Waals surface area contributed by atoms with Crippen molar-refractivity contribution in [2.24, 2.45) is 5.73 Å². The van der Waals surface area contributed by atoms with Crippen LogP contribution >= 0.6 is 0 Å². The normalized spacial score (nSPS) is 35.7. The molecule has 0 bridgehead atoms. The molecule has 3 atom stereocenters. The molecule has 3 rings (SSSR count). The summed E-state index contributed by atoms with van der Waals surface area (Å²) in [5, 5.41) is 4.08. The average molecular weight is 267 g/mol. The first-order valence-electron chi connectivity index (χ1n) is 7.05. The van der Waals surface area contributed by atoms with E-state index in [0.29, 0.717) is 18.3 Å². The third kappa shape index (κ3) is 2.52. The Labute approximate surface area is 112 Å². The highest BCUT2D eigenvalue weighted by molar-refractivity contribution is 5.02. The zero-order valence-electron chi connectivity index (χ0n) is 11.3. The number of rotatable bonds is 3. The molecule has 6 heteroatoms. The predicted octanol–water partition coefficient (Wildman–Crippen LogP) is 1.66. The molecule has 0 aromatic carbocycles. The van der Waals surface area contributed by atoms with Crippen LogP contribution in [-0.2, 0) is 15.1 Å². The highest BCUT2D eigenvalue weighted by Gasteiger charge is 2.37. The van der Waals surface area contributed by atoms with E-state index in [1.807, 2.05) is 6.92 Å². The number of ether oxygens (including phenoxy) is 2. The van der Waals surface area contributed by atoms with Crippen molar-refractivity contribution in [3.63, 3.8) is 0 Å². The third-order valence-electron chi connectivity index (χ3n) is 4.03. The summed E-state index contributed by atoms with van der Waals surface area (Å²) in [5.74, 6) is 1.20. The van der Waals surface area contributed by atoms with Crippen LogP contribution < -0.4 is 5.73 Å². The topological polar surface area (TPSA) is 83.4 Å². The van der Waals surface area contributed by atoms with Crippen molar-refractivity contribution in [1.82, 2.24) is 10.1 Å². The van der Waals surface area contributed by atoms with Crippen molar-refractivity contribution < 1.29 is 14.0 Å².